The molecule has 0 saturated carbocycles. The number of esters is 1. The maximum absolute atomic E-state index is 12.1. The number of nitrogens with zero attached hydrogens (tertiary/aromatic N) is 2. The summed E-state index contributed by atoms with van der Waals surface area (Å²) >= 11 is 0. The number of nitrogens with one attached hydrogen (secondary N) is 2. The predicted molar refractivity (Wildman–Crippen MR) is 93.8 cm³/mol. The molecular weight excluding hydrogens is 308 g/mol. The van der Waals surface area contributed by atoms with Gasteiger partial charge in [-0.2, -0.15) is 5.10 Å². The van der Waals surface area contributed by atoms with Crippen LogP contribution >= 0.6 is 0 Å². The van der Waals surface area contributed by atoms with E-state index in [2.05, 4.69) is 22.7 Å². The number of ether oxygens (including phenoxy) is 1. The molecule has 0 saturated heterocycles. The van der Waals surface area contributed by atoms with Crippen molar-refractivity contribution in [3.8, 4) is 0 Å². The number of urea groups is 1. The fourth-order valence-electron chi connectivity index (χ4n) is 2.12. The molecule has 0 bridgehead atoms. The van der Waals surface area contributed by atoms with Crippen molar-refractivity contribution in [3.63, 3.8) is 0 Å². The third kappa shape index (κ3) is 7.99. The van der Waals surface area contributed by atoms with Crippen molar-refractivity contribution in [2.45, 2.75) is 78.5 Å². The molecule has 0 aromatic carbocycles. The molecule has 1 heterocycles. The second kappa shape index (κ2) is 8.17. The summed E-state index contributed by atoms with van der Waals surface area (Å²) in [6, 6.07) is -0.319. The summed E-state index contributed by atoms with van der Waals surface area (Å²) in [6.45, 7) is 12.1. The summed E-state index contributed by atoms with van der Waals surface area (Å²) in [5.74, 6) is -0.265. The molecule has 0 atom stereocenters. The van der Waals surface area contributed by atoms with E-state index in [4.69, 9.17) is 4.74 Å². The van der Waals surface area contributed by atoms with Gasteiger partial charge in [0.15, 0.2) is 0 Å². The molecule has 0 aliphatic heterocycles. The van der Waals surface area contributed by atoms with Crippen molar-refractivity contribution in [1.29, 1.82) is 0 Å². The molecule has 0 unspecified atom stereocenters. The first-order valence-corrected chi connectivity index (χ1v) is 8.34. The molecule has 24 heavy (non-hydrogen) atoms. The van der Waals surface area contributed by atoms with Crippen LogP contribution in [-0.2, 0) is 16.1 Å². The molecule has 7 nitrogen and oxygen atoms in total. The van der Waals surface area contributed by atoms with Gasteiger partial charge in [-0.05, 0) is 47.5 Å². The van der Waals surface area contributed by atoms with Crippen molar-refractivity contribution < 1.29 is 14.3 Å². The van der Waals surface area contributed by atoms with E-state index in [9.17, 15) is 9.59 Å². The van der Waals surface area contributed by atoms with Crippen molar-refractivity contribution in [2.75, 3.05) is 5.32 Å². The first-order valence-electron chi connectivity index (χ1n) is 8.34. The number of rotatable bonds is 7. The van der Waals surface area contributed by atoms with Crippen LogP contribution in [0.25, 0.3) is 0 Å². The largest absolute Gasteiger partial charge is 0.460 e. The molecule has 2 amide bonds. The number of aryl methyl sites for hydroxylation is 1. The Labute approximate surface area is 144 Å². The zero-order valence-electron chi connectivity index (χ0n) is 15.6. The highest BCUT2D eigenvalue weighted by atomic mass is 16.6. The van der Waals surface area contributed by atoms with Gasteiger partial charge in [0.05, 0.1) is 11.9 Å². The first-order chi connectivity index (χ1) is 11.0. The van der Waals surface area contributed by atoms with Crippen LogP contribution in [0.2, 0.25) is 0 Å². The Balaban J connectivity index is 2.44. The smallest absolute Gasteiger partial charge is 0.319 e. The highest BCUT2D eigenvalue weighted by Crippen LogP contribution is 2.15. The number of amides is 2. The standard InChI is InChI=1S/C17H30N4O3/c1-7-10-21-12-13(11-18-21)19-15(23)20-17(5,6)9-8-14(22)24-16(2,3)4/h11-12H,7-10H2,1-6H3,(H2,19,20,23). The number of aromatic nitrogens is 2. The van der Waals surface area contributed by atoms with Crippen LogP contribution in [-0.4, -0.2) is 32.9 Å². The summed E-state index contributed by atoms with van der Waals surface area (Å²) in [4.78, 5) is 23.9. The minimum atomic E-state index is -0.527. The van der Waals surface area contributed by atoms with Gasteiger partial charge in [0.1, 0.15) is 5.60 Å². The highest BCUT2D eigenvalue weighted by Gasteiger charge is 2.24. The molecule has 0 spiro atoms. The quantitative estimate of drug-likeness (QED) is 0.747. The maximum atomic E-state index is 12.1. The van der Waals surface area contributed by atoms with Crippen molar-refractivity contribution in [1.82, 2.24) is 15.1 Å². The van der Waals surface area contributed by atoms with E-state index in [-0.39, 0.29) is 18.4 Å². The molecule has 1 aromatic rings. The topological polar surface area (TPSA) is 85.2 Å². The molecule has 136 valence electrons. The van der Waals surface area contributed by atoms with E-state index in [1.165, 1.54) is 0 Å². The Kier molecular flexibility index (Phi) is 6.81. The Hall–Kier alpha value is -2.05. The fraction of sp³-hybridized carbons (Fsp3) is 0.706. The minimum absolute atomic E-state index is 0.249. The lowest BCUT2D eigenvalue weighted by molar-refractivity contribution is -0.155. The number of hydrogen-bond donors (Lipinski definition) is 2. The minimum Gasteiger partial charge on any atom is -0.460 e. The third-order valence-corrected chi connectivity index (χ3v) is 3.17. The van der Waals surface area contributed by atoms with Crippen molar-refractivity contribution >= 4 is 17.7 Å². The fourth-order valence-corrected chi connectivity index (χ4v) is 2.12. The summed E-state index contributed by atoms with van der Waals surface area (Å²) < 4.78 is 7.06. The zero-order chi connectivity index (χ0) is 18.4. The van der Waals surface area contributed by atoms with E-state index in [1.807, 2.05) is 34.6 Å². The van der Waals surface area contributed by atoms with Gasteiger partial charge >= 0.3 is 12.0 Å². The van der Waals surface area contributed by atoms with Crippen molar-refractivity contribution in [3.05, 3.63) is 12.4 Å². The molecule has 0 aliphatic rings. The highest BCUT2D eigenvalue weighted by molar-refractivity contribution is 5.89. The van der Waals surface area contributed by atoms with Gasteiger partial charge in [-0.15, -0.1) is 0 Å². The average molecular weight is 338 g/mol. The molecule has 0 aliphatic carbocycles. The Morgan fingerprint density at radius 3 is 2.50 bits per heavy atom. The van der Waals surface area contributed by atoms with Crippen LogP contribution in [0.15, 0.2) is 12.4 Å². The molecule has 1 rings (SSSR count). The summed E-state index contributed by atoms with van der Waals surface area (Å²) in [5.41, 5.74) is -0.380. The van der Waals surface area contributed by atoms with E-state index >= 15 is 0 Å². The van der Waals surface area contributed by atoms with E-state index < -0.39 is 11.1 Å². The van der Waals surface area contributed by atoms with Gasteiger partial charge in [0.25, 0.3) is 0 Å². The molecule has 0 fully saturated rings. The Bertz CT molecular complexity index is 558. The normalized spacial score (nSPS) is 11.9. The molecule has 0 radical (unpaired) electrons. The predicted octanol–water partition coefficient (Wildman–Crippen LogP) is 3.32. The molecule has 7 heteroatoms. The van der Waals surface area contributed by atoms with Crippen LogP contribution < -0.4 is 10.6 Å². The van der Waals surface area contributed by atoms with Crippen molar-refractivity contribution in [2.24, 2.45) is 0 Å². The Morgan fingerprint density at radius 2 is 1.92 bits per heavy atom. The maximum Gasteiger partial charge on any atom is 0.319 e. The number of hydrogen-bond acceptors (Lipinski definition) is 4. The Morgan fingerprint density at radius 1 is 1.25 bits per heavy atom. The second-order valence-electron chi connectivity index (χ2n) is 7.54. The van der Waals surface area contributed by atoms with Gasteiger partial charge in [-0.1, -0.05) is 6.92 Å². The van der Waals surface area contributed by atoms with Crippen LogP contribution in [0.1, 0.15) is 60.8 Å². The molecule has 2 N–H and O–H groups in total. The number of carbonyl (C=O) groups excluding carboxylic acids is 2. The van der Waals surface area contributed by atoms with Gasteiger partial charge in [-0.3, -0.25) is 9.48 Å². The molecular formula is C17H30N4O3. The summed E-state index contributed by atoms with van der Waals surface area (Å²) in [5, 5.41) is 9.78. The SMILES string of the molecule is CCCn1cc(NC(=O)NC(C)(C)CCC(=O)OC(C)(C)C)cn1. The third-order valence-electron chi connectivity index (χ3n) is 3.17. The lowest BCUT2D eigenvalue weighted by atomic mass is 9.98. The summed E-state index contributed by atoms with van der Waals surface area (Å²) in [6.07, 6.45) is 5.12. The lowest BCUT2D eigenvalue weighted by Gasteiger charge is -2.27. The van der Waals surface area contributed by atoms with Gasteiger partial charge in [-0.25, -0.2) is 4.79 Å². The number of carbonyl (C=O) groups is 2. The van der Waals surface area contributed by atoms with E-state index in [0.717, 1.165) is 13.0 Å². The second-order valence-corrected chi connectivity index (χ2v) is 7.54. The monoisotopic (exact) mass is 338 g/mol. The van der Waals surface area contributed by atoms with E-state index in [1.54, 1.807) is 17.1 Å². The molecule has 1 aromatic heterocycles. The van der Waals surface area contributed by atoms with Crippen LogP contribution in [0, 0.1) is 0 Å². The number of anilines is 1. The van der Waals surface area contributed by atoms with Crippen LogP contribution in [0.3, 0.4) is 0 Å². The zero-order valence-corrected chi connectivity index (χ0v) is 15.6. The van der Waals surface area contributed by atoms with Crippen LogP contribution in [0.5, 0.6) is 0 Å². The summed E-state index contributed by atoms with van der Waals surface area (Å²) in [7, 11) is 0. The average Bonchev–Trinajstić information content (AvgIpc) is 2.81. The van der Waals surface area contributed by atoms with Gasteiger partial charge < -0.3 is 15.4 Å². The van der Waals surface area contributed by atoms with Gasteiger partial charge in [0, 0.05) is 24.7 Å². The van der Waals surface area contributed by atoms with Crippen LogP contribution in [0.4, 0.5) is 10.5 Å². The first kappa shape index (κ1) is 20.0. The lowest BCUT2D eigenvalue weighted by Crippen LogP contribution is -2.46. The van der Waals surface area contributed by atoms with Gasteiger partial charge in [0.2, 0.25) is 0 Å². The van der Waals surface area contributed by atoms with E-state index in [0.29, 0.717) is 12.1 Å².